The Morgan fingerprint density at radius 2 is 1.84 bits per heavy atom. The number of nitrogens with one attached hydrogen (secondary N) is 1. The third kappa shape index (κ3) is 3.17. The van der Waals surface area contributed by atoms with Crippen LogP contribution in [0.5, 0.6) is 0 Å². The summed E-state index contributed by atoms with van der Waals surface area (Å²) >= 11 is 0. The van der Waals surface area contributed by atoms with Gasteiger partial charge >= 0.3 is 0 Å². The normalized spacial score (nSPS) is 15.5. The number of carbonyl (C=O) groups is 1. The molecule has 0 bridgehead atoms. The lowest BCUT2D eigenvalue weighted by atomic mass is 10.1. The van der Waals surface area contributed by atoms with Gasteiger partial charge in [-0.1, -0.05) is 30.3 Å². The first-order valence-electron chi connectivity index (χ1n) is 8.50. The molecule has 4 rings (SSSR count). The van der Waals surface area contributed by atoms with E-state index >= 15 is 0 Å². The van der Waals surface area contributed by atoms with E-state index in [1.807, 2.05) is 42.5 Å². The third-order valence-corrected chi connectivity index (χ3v) is 4.51. The highest BCUT2D eigenvalue weighted by Crippen LogP contribution is 2.21. The summed E-state index contributed by atoms with van der Waals surface area (Å²) < 4.78 is 1.80. The molecule has 1 aliphatic heterocycles. The van der Waals surface area contributed by atoms with Crippen molar-refractivity contribution in [1.82, 2.24) is 25.1 Å². The molecule has 3 heterocycles. The predicted molar refractivity (Wildman–Crippen MR) is 95.3 cm³/mol. The van der Waals surface area contributed by atoms with Crippen LogP contribution in [-0.2, 0) is 4.79 Å². The van der Waals surface area contributed by atoms with E-state index in [1.54, 1.807) is 11.4 Å². The van der Waals surface area contributed by atoms with Gasteiger partial charge in [-0.15, -0.1) is 15.3 Å². The van der Waals surface area contributed by atoms with Crippen LogP contribution in [0.4, 0.5) is 5.82 Å². The van der Waals surface area contributed by atoms with E-state index < -0.39 is 0 Å². The van der Waals surface area contributed by atoms with E-state index in [-0.39, 0.29) is 11.9 Å². The molecule has 7 nitrogen and oxygen atoms in total. The monoisotopic (exact) mass is 336 g/mol. The fourth-order valence-corrected chi connectivity index (χ4v) is 3.26. The number of fused-ring (bicyclic) bond motifs is 1. The Bertz CT molecular complexity index is 883. The summed E-state index contributed by atoms with van der Waals surface area (Å²) in [5, 5.41) is 16.2. The Morgan fingerprint density at radius 3 is 2.56 bits per heavy atom. The summed E-state index contributed by atoms with van der Waals surface area (Å²) in [7, 11) is 0. The molecular weight excluding hydrogens is 316 g/mol. The van der Waals surface area contributed by atoms with Crippen LogP contribution in [0, 0.1) is 0 Å². The summed E-state index contributed by atoms with van der Waals surface area (Å²) in [4.78, 5) is 13.4. The third-order valence-electron chi connectivity index (χ3n) is 4.51. The highest BCUT2D eigenvalue weighted by atomic mass is 16.1. The molecule has 0 aliphatic carbocycles. The van der Waals surface area contributed by atoms with Gasteiger partial charge in [0.2, 0.25) is 5.91 Å². The van der Waals surface area contributed by atoms with E-state index in [9.17, 15) is 4.79 Å². The smallest absolute Gasteiger partial charge is 0.217 e. The second-order valence-electron chi connectivity index (χ2n) is 6.31. The van der Waals surface area contributed by atoms with Gasteiger partial charge in [0.1, 0.15) is 5.82 Å². The van der Waals surface area contributed by atoms with Crippen LogP contribution in [0.1, 0.15) is 19.8 Å². The van der Waals surface area contributed by atoms with Gasteiger partial charge in [-0.25, -0.2) is 0 Å². The van der Waals surface area contributed by atoms with Crippen molar-refractivity contribution >= 4 is 17.4 Å². The maximum absolute atomic E-state index is 11.2. The lowest BCUT2D eigenvalue weighted by Crippen LogP contribution is -2.44. The quantitative estimate of drug-likeness (QED) is 0.790. The number of carbonyl (C=O) groups excluding carboxylic acids is 1. The van der Waals surface area contributed by atoms with Crippen LogP contribution in [0.25, 0.3) is 17.0 Å². The number of nitrogens with zero attached hydrogens (tertiary/aromatic N) is 5. The molecule has 2 aromatic heterocycles. The maximum atomic E-state index is 11.2. The van der Waals surface area contributed by atoms with Crippen molar-refractivity contribution in [3.05, 3.63) is 42.5 Å². The Labute approximate surface area is 145 Å². The molecule has 25 heavy (non-hydrogen) atoms. The second kappa shape index (κ2) is 6.51. The number of hydrogen-bond acceptors (Lipinski definition) is 5. The fourth-order valence-electron chi connectivity index (χ4n) is 3.26. The van der Waals surface area contributed by atoms with Crippen LogP contribution in [-0.4, -0.2) is 44.8 Å². The highest BCUT2D eigenvalue weighted by Gasteiger charge is 2.21. The van der Waals surface area contributed by atoms with Gasteiger partial charge in [-0.3, -0.25) is 4.79 Å². The number of piperidine rings is 1. The molecule has 1 saturated heterocycles. The average molecular weight is 336 g/mol. The van der Waals surface area contributed by atoms with Gasteiger partial charge in [-0.05, 0) is 25.0 Å². The van der Waals surface area contributed by atoms with E-state index in [1.165, 1.54) is 0 Å². The first-order valence-corrected chi connectivity index (χ1v) is 8.50. The van der Waals surface area contributed by atoms with Crippen molar-refractivity contribution in [1.29, 1.82) is 0 Å². The zero-order chi connectivity index (χ0) is 17.2. The molecule has 128 valence electrons. The van der Waals surface area contributed by atoms with E-state index in [2.05, 4.69) is 20.4 Å². The van der Waals surface area contributed by atoms with Crippen molar-refractivity contribution in [2.24, 2.45) is 0 Å². The fraction of sp³-hybridized carbons (Fsp3) is 0.333. The zero-order valence-electron chi connectivity index (χ0n) is 14.1. The second-order valence-corrected chi connectivity index (χ2v) is 6.31. The molecule has 1 fully saturated rings. The minimum atomic E-state index is 0.0370. The number of aromatic nitrogens is 4. The highest BCUT2D eigenvalue weighted by molar-refractivity contribution is 5.73. The van der Waals surface area contributed by atoms with Crippen molar-refractivity contribution in [3.8, 4) is 11.4 Å². The Hall–Kier alpha value is -2.96. The van der Waals surface area contributed by atoms with Crippen LogP contribution < -0.4 is 10.2 Å². The minimum Gasteiger partial charge on any atom is -0.355 e. The van der Waals surface area contributed by atoms with Gasteiger partial charge in [0.15, 0.2) is 11.5 Å². The first-order chi connectivity index (χ1) is 12.2. The number of benzene rings is 1. The first kappa shape index (κ1) is 15.6. The number of hydrogen-bond donors (Lipinski definition) is 1. The Morgan fingerprint density at radius 1 is 1.08 bits per heavy atom. The lowest BCUT2D eigenvalue weighted by Gasteiger charge is -2.32. The summed E-state index contributed by atoms with van der Waals surface area (Å²) in [5.41, 5.74) is 1.72. The molecule has 1 aliphatic rings. The van der Waals surface area contributed by atoms with Crippen LogP contribution in [0.3, 0.4) is 0 Å². The van der Waals surface area contributed by atoms with Gasteiger partial charge in [-0.2, -0.15) is 4.52 Å². The van der Waals surface area contributed by atoms with Crippen molar-refractivity contribution in [2.45, 2.75) is 25.8 Å². The maximum Gasteiger partial charge on any atom is 0.217 e. The molecule has 0 spiro atoms. The van der Waals surface area contributed by atoms with E-state index in [0.717, 1.165) is 48.8 Å². The Balaban J connectivity index is 1.58. The lowest BCUT2D eigenvalue weighted by molar-refractivity contribution is -0.119. The molecule has 3 aromatic rings. The molecule has 0 unspecified atom stereocenters. The van der Waals surface area contributed by atoms with Crippen LogP contribution >= 0.6 is 0 Å². The summed E-state index contributed by atoms with van der Waals surface area (Å²) in [6, 6.07) is 14.1. The minimum absolute atomic E-state index is 0.0370. The van der Waals surface area contributed by atoms with Crippen LogP contribution in [0.2, 0.25) is 0 Å². The predicted octanol–water partition coefficient (Wildman–Crippen LogP) is 1.90. The Kier molecular flexibility index (Phi) is 4.05. The summed E-state index contributed by atoms with van der Waals surface area (Å²) in [5.74, 6) is 1.69. The summed E-state index contributed by atoms with van der Waals surface area (Å²) in [6.07, 6.45) is 1.85. The number of rotatable bonds is 3. The van der Waals surface area contributed by atoms with Gasteiger partial charge in [0.25, 0.3) is 0 Å². The molecule has 1 amide bonds. The molecule has 0 radical (unpaired) electrons. The van der Waals surface area contributed by atoms with Crippen molar-refractivity contribution in [3.63, 3.8) is 0 Å². The standard InChI is InChI=1S/C18H20N6O/c1-13(25)19-15-9-11-23(12-10-15)17-8-7-16-20-21-18(24(16)22-17)14-5-3-2-4-6-14/h2-8,15H,9-12H2,1H3,(H,19,25). The van der Waals surface area contributed by atoms with Gasteiger partial charge < -0.3 is 10.2 Å². The largest absolute Gasteiger partial charge is 0.355 e. The van der Waals surface area contributed by atoms with Gasteiger partial charge in [0, 0.05) is 31.6 Å². The molecule has 0 atom stereocenters. The number of amides is 1. The van der Waals surface area contributed by atoms with E-state index in [4.69, 9.17) is 5.10 Å². The molecule has 1 N–H and O–H groups in total. The zero-order valence-corrected chi connectivity index (χ0v) is 14.1. The molecule has 1 aromatic carbocycles. The molecule has 0 saturated carbocycles. The number of anilines is 1. The summed E-state index contributed by atoms with van der Waals surface area (Å²) in [6.45, 7) is 3.30. The van der Waals surface area contributed by atoms with Crippen molar-refractivity contribution in [2.75, 3.05) is 18.0 Å². The van der Waals surface area contributed by atoms with Crippen LogP contribution in [0.15, 0.2) is 42.5 Å². The van der Waals surface area contributed by atoms with Gasteiger partial charge in [0.05, 0.1) is 0 Å². The average Bonchev–Trinajstić information content (AvgIpc) is 3.06. The SMILES string of the molecule is CC(=O)NC1CCN(c2ccc3nnc(-c4ccccc4)n3n2)CC1. The molecule has 7 heteroatoms. The van der Waals surface area contributed by atoms with Crippen molar-refractivity contribution < 1.29 is 4.79 Å². The van der Waals surface area contributed by atoms with E-state index in [0.29, 0.717) is 0 Å². The topological polar surface area (TPSA) is 75.4 Å². The molecular formula is C18H20N6O.